The van der Waals surface area contributed by atoms with Crippen molar-refractivity contribution in [3.63, 3.8) is 0 Å². The van der Waals surface area contributed by atoms with Gasteiger partial charge in [0.25, 0.3) is 0 Å². The molecule has 2 atom stereocenters. The van der Waals surface area contributed by atoms with E-state index in [4.69, 9.17) is 0 Å². The van der Waals surface area contributed by atoms with Crippen molar-refractivity contribution in [3.05, 3.63) is 34.9 Å². The average molecular weight is 315 g/mol. The summed E-state index contributed by atoms with van der Waals surface area (Å²) in [6.45, 7) is 3.04. The van der Waals surface area contributed by atoms with Gasteiger partial charge in [-0.15, -0.1) is 0 Å². The van der Waals surface area contributed by atoms with Gasteiger partial charge >= 0.3 is 5.97 Å². The number of carbonyl (C=O) groups excluding carboxylic acids is 1. The van der Waals surface area contributed by atoms with Crippen LogP contribution in [0.15, 0.2) is 18.2 Å². The number of hydrogen-bond acceptors (Lipinski definition) is 2. The summed E-state index contributed by atoms with van der Waals surface area (Å²) >= 11 is 0. The number of amides is 1. The molecule has 1 amide bonds. The van der Waals surface area contributed by atoms with Gasteiger partial charge in [0.15, 0.2) is 0 Å². The van der Waals surface area contributed by atoms with Crippen molar-refractivity contribution in [2.24, 2.45) is 11.8 Å². The number of fused-ring (bicyclic) bond motifs is 1. The van der Waals surface area contributed by atoms with Crippen LogP contribution in [-0.2, 0) is 28.9 Å². The molecule has 4 nitrogen and oxygen atoms in total. The highest BCUT2D eigenvalue weighted by molar-refractivity contribution is 5.79. The van der Waals surface area contributed by atoms with Gasteiger partial charge in [0.05, 0.1) is 12.3 Å². The van der Waals surface area contributed by atoms with E-state index in [9.17, 15) is 14.7 Å². The fraction of sp³-hybridized carbons (Fsp3) is 0.579. The Morgan fingerprint density at radius 3 is 2.65 bits per heavy atom. The molecule has 0 bridgehead atoms. The number of rotatable bonds is 3. The topological polar surface area (TPSA) is 57.6 Å². The predicted molar refractivity (Wildman–Crippen MR) is 88.3 cm³/mol. The Morgan fingerprint density at radius 2 is 1.96 bits per heavy atom. The molecule has 3 rings (SSSR count). The van der Waals surface area contributed by atoms with E-state index in [1.165, 1.54) is 24.0 Å². The highest BCUT2D eigenvalue weighted by Gasteiger charge is 2.32. The lowest BCUT2D eigenvalue weighted by atomic mass is 9.86. The number of benzene rings is 1. The molecule has 1 aliphatic carbocycles. The fourth-order valence-electron chi connectivity index (χ4n) is 3.92. The minimum Gasteiger partial charge on any atom is -0.481 e. The summed E-state index contributed by atoms with van der Waals surface area (Å²) in [5.41, 5.74) is 3.92. The van der Waals surface area contributed by atoms with Crippen LogP contribution >= 0.6 is 0 Å². The Balaban J connectivity index is 1.62. The number of aliphatic carboxylic acids is 1. The SMILES string of the molecule is CC1CN(C(=O)Cc2ccc3c(c2)CCCC3)CCC1C(=O)O. The number of likely N-dealkylation sites (tertiary alicyclic amines) is 1. The van der Waals surface area contributed by atoms with E-state index in [0.29, 0.717) is 25.9 Å². The molecule has 1 heterocycles. The summed E-state index contributed by atoms with van der Waals surface area (Å²) in [5.74, 6) is -0.910. The molecule has 23 heavy (non-hydrogen) atoms. The molecule has 2 unspecified atom stereocenters. The molecule has 4 heteroatoms. The van der Waals surface area contributed by atoms with Gasteiger partial charge in [-0.2, -0.15) is 0 Å². The largest absolute Gasteiger partial charge is 0.481 e. The smallest absolute Gasteiger partial charge is 0.306 e. The summed E-state index contributed by atoms with van der Waals surface area (Å²) in [7, 11) is 0. The van der Waals surface area contributed by atoms with Gasteiger partial charge in [-0.3, -0.25) is 9.59 Å². The van der Waals surface area contributed by atoms with Crippen molar-refractivity contribution in [1.82, 2.24) is 4.90 Å². The molecule has 124 valence electrons. The van der Waals surface area contributed by atoms with E-state index in [-0.39, 0.29) is 17.7 Å². The summed E-state index contributed by atoms with van der Waals surface area (Å²) in [4.78, 5) is 25.5. The molecule has 1 saturated heterocycles. The third-order valence-electron chi connectivity index (χ3n) is 5.34. The highest BCUT2D eigenvalue weighted by Crippen LogP contribution is 2.25. The molecule has 1 aromatic rings. The third kappa shape index (κ3) is 3.57. The number of carboxylic acid groups (broad SMARTS) is 1. The van der Waals surface area contributed by atoms with Crippen LogP contribution in [-0.4, -0.2) is 35.0 Å². The number of carboxylic acids is 1. The number of aryl methyl sites for hydroxylation is 2. The van der Waals surface area contributed by atoms with Crippen molar-refractivity contribution in [2.45, 2.75) is 45.4 Å². The minimum absolute atomic E-state index is 0.0220. The van der Waals surface area contributed by atoms with Crippen molar-refractivity contribution in [1.29, 1.82) is 0 Å². The van der Waals surface area contributed by atoms with Crippen molar-refractivity contribution in [2.75, 3.05) is 13.1 Å². The molecule has 1 fully saturated rings. The van der Waals surface area contributed by atoms with Crippen molar-refractivity contribution in [3.8, 4) is 0 Å². The monoisotopic (exact) mass is 315 g/mol. The van der Waals surface area contributed by atoms with Gasteiger partial charge in [0.1, 0.15) is 0 Å². The maximum absolute atomic E-state index is 12.5. The van der Waals surface area contributed by atoms with Gasteiger partial charge < -0.3 is 10.0 Å². The lowest BCUT2D eigenvalue weighted by Gasteiger charge is -2.35. The predicted octanol–water partition coefficient (Wildman–Crippen LogP) is 2.68. The first kappa shape index (κ1) is 16.0. The zero-order chi connectivity index (χ0) is 16.4. The first-order valence-electron chi connectivity index (χ1n) is 8.66. The first-order valence-corrected chi connectivity index (χ1v) is 8.66. The van der Waals surface area contributed by atoms with Gasteiger partial charge in [-0.05, 0) is 54.7 Å². The fourth-order valence-corrected chi connectivity index (χ4v) is 3.92. The van der Waals surface area contributed by atoms with E-state index in [2.05, 4.69) is 18.2 Å². The van der Waals surface area contributed by atoms with Crippen LogP contribution in [0.2, 0.25) is 0 Å². The molecule has 1 aliphatic heterocycles. The molecular formula is C19H25NO3. The zero-order valence-electron chi connectivity index (χ0n) is 13.8. The van der Waals surface area contributed by atoms with Crippen LogP contribution < -0.4 is 0 Å². The van der Waals surface area contributed by atoms with Crippen LogP contribution in [0.1, 0.15) is 42.9 Å². The van der Waals surface area contributed by atoms with Crippen LogP contribution in [0.4, 0.5) is 0 Å². The standard InChI is InChI=1S/C19H25NO3/c1-13-12-20(9-8-17(13)19(22)23)18(21)11-14-6-7-15-4-2-3-5-16(15)10-14/h6-7,10,13,17H,2-5,8-9,11-12H2,1H3,(H,22,23). The molecule has 2 aliphatic rings. The maximum atomic E-state index is 12.5. The molecule has 1 aromatic carbocycles. The Labute approximate surface area is 137 Å². The number of carbonyl (C=O) groups is 2. The van der Waals surface area contributed by atoms with Crippen LogP contribution in [0.3, 0.4) is 0 Å². The third-order valence-corrected chi connectivity index (χ3v) is 5.34. The Morgan fingerprint density at radius 1 is 1.22 bits per heavy atom. The van der Waals surface area contributed by atoms with E-state index in [1.54, 1.807) is 0 Å². The number of nitrogens with zero attached hydrogens (tertiary/aromatic N) is 1. The second-order valence-corrected chi connectivity index (χ2v) is 7.04. The van der Waals surface area contributed by atoms with Gasteiger partial charge in [0, 0.05) is 13.1 Å². The second-order valence-electron chi connectivity index (χ2n) is 7.04. The minimum atomic E-state index is -0.737. The average Bonchev–Trinajstić information content (AvgIpc) is 2.54. The van der Waals surface area contributed by atoms with Gasteiger partial charge in [0.2, 0.25) is 5.91 Å². The molecule has 0 spiro atoms. The van der Waals surface area contributed by atoms with Crippen molar-refractivity contribution < 1.29 is 14.7 Å². The van der Waals surface area contributed by atoms with E-state index in [1.807, 2.05) is 11.8 Å². The van der Waals surface area contributed by atoms with E-state index in [0.717, 1.165) is 18.4 Å². The molecule has 0 saturated carbocycles. The van der Waals surface area contributed by atoms with Crippen LogP contribution in [0, 0.1) is 11.8 Å². The quantitative estimate of drug-likeness (QED) is 0.933. The lowest BCUT2D eigenvalue weighted by molar-refractivity contribution is -0.148. The summed E-state index contributed by atoms with van der Waals surface area (Å²) in [5, 5.41) is 9.18. The molecule has 0 radical (unpaired) electrons. The van der Waals surface area contributed by atoms with Gasteiger partial charge in [-0.25, -0.2) is 0 Å². The summed E-state index contributed by atoms with van der Waals surface area (Å²) in [6, 6.07) is 6.45. The van der Waals surface area contributed by atoms with Crippen LogP contribution in [0.25, 0.3) is 0 Å². The van der Waals surface area contributed by atoms with Gasteiger partial charge in [-0.1, -0.05) is 25.1 Å². The summed E-state index contributed by atoms with van der Waals surface area (Å²) < 4.78 is 0. The Bertz CT molecular complexity index is 611. The number of hydrogen-bond donors (Lipinski definition) is 1. The van der Waals surface area contributed by atoms with E-state index >= 15 is 0 Å². The number of piperidine rings is 1. The summed E-state index contributed by atoms with van der Waals surface area (Å²) in [6.07, 6.45) is 5.78. The molecular weight excluding hydrogens is 290 g/mol. The maximum Gasteiger partial charge on any atom is 0.306 e. The zero-order valence-corrected chi connectivity index (χ0v) is 13.8. The molecule has 0 aromatic heterocycles. The first-order chi connectivity index (χ1) is 11.0. The van der Waals surface area contributed by atoms with E-state index < -0.39 is 5.97 Å². The normalized spacial score (nSPS) is 24.1. The molecule has 1 N–H and O–H groups in total. The lowest BCUT2D eigenvalue weighted by Crippen LogP contribution is -2.45. The van der Waals surface area contributed by atoms with Crippen molar-refractivity contribution >= 4 is 11.9 Å². The Hall–Kier alpha value is -1.84. The Kier molecular flexibility index (Phi) is 4.69. The highest BCUT2D eigenvalue weighted by atomic mass is 16.4. The second kappa shape index (κ2) is 6.73. The van der Waals surface area contributed by atoms with Crippen LogP contribution in [0.5, 0.6) is 0 Å².